The zero-order valence-electron chi connectivity index (χ0n) is 11.4. The fourth-order valence-electron chi connectivity index (χ4n) is 2.09. The second kappa shape index (κ2) is 6.45. The summed E-state index contributed by atoms with van der Waals surface area (Å²) in [6.07, 6.45) is -0.620. The van der Waals surface area contributed by atoms with Gasteiger partial charge in [0.25, 0.3) is 0 Å². The third-order valence-corrected chi connectivity index (χ3v) is 3.81. The third kappa shape index (κ3) is 3.24. The number of esters is 1. The van der Waals surface area contributed by atoms with Crippen LogP contribution in [0.1, 0.15) is 25.0 Å². The molecule has 1 heterocycles. The number of aliphatic hydroxyl groups is 1. The van der Waals surface area contributed by atoms with Crippen molar-refractivity contribution < 1.29 is 24.1 Å². The Balaban J connectivity index is 2.19. The second-order valence-corrected chi connectivity index (χ2v) is 5.58. The van der Waals surface area contributed by atoms with Crippen LogP contribution in [0.2, 0.25) is 0 Å². The van der Waals surface area contributed by atoms with Crippen molar-refractivity contribution in [3.63, 3.8) is 0 Å². The van der Waals surface area contributed by atoms with Crippen LogP contribution in [0.4, 0.5) is 0 Å². The summed E-state index contributed by atoms with van der Waals surface area (Å²) < 4.78 is 16.4. The monoisotopic (exact) mass is 344 g/mol. The molecule has 0 fully saturated rings. The Morgan fingerprint density at radius 3 is 2.85 bits per heavy atom. The summed E-state index contributed by atoms with van der Waals surface area (Å²) in [5.74, 6) is 0.655. The van der Waals surface area contributed by atoms with E-state index in [2.05, 4.69) is 20.7 Å². The highest BCUT2D eigenvalue weighted by molar-refractivity contribution is 9.10. The van der Waals surface area contributed by atoms with Crippen LogP contribution in [0.3, 0.4) is 0 Å². The van der Waals surface area contributed by atoms with Gasteiger partial charge in [0, 0.05) is 0 Å². The van der Waals surface area contributed by atoms with E-state index in [-0.39, 0.29) is 18.3 Å². The van der Waals surface area contributed by atoms with Crippen LogP contribution in [0.5, 0.6) is 11.5 Å². The van der Waals surface area contributed by atoms with Crippen LogP contribution in [-0.2, 0) is 9.53 Å². The Hall–Kier alpha value is -1.27. The van der Waals surface area contributed by atoms with Crippen molar-refractivity contribution in [3.05, 3.63) is 22.2 Å². The van der Waals surface area contributed by atoms with Gasteiger partial charge in [-0.1, -0.05) is 6.92 Å². The number of methoxy groups -OCH3 is 1. The van der Waals surface area contributed by atoms with E-state index in [1.165, 1.54) is 7.11 Å². The quantitative estimate of drug-likeness (QED) is 0.850. The van der Waals surface area contributed by atoms with Crippen LogP contribution in [0.15, 0.2) is 16.6 Å². The van der Waals surface area contributed by atoms with Gasteiger partial charge < -0.3 is 19.3 Å². The Morgan fingerprint density at radius 2 is 2.15 bits per heavy atom. The minimum atomic E-state index is -0.777. The minimum Gasteiger partial charge on any atom is -0.486 e. The molecule has 2 unspecified atom stereocenters. The van der Waals surface area contributed by atoms with Gasteiger partial charge in [-0.3, -0.25) is 4.79 Å². The molecule has 0 aromatic heterocycles. The Morgan fingerprint density at radius 1 is 1.45 bits per heavy atom. The predicted molar refractivity (Wildman–Crippen MR) is 75.9 cm³/mol. The highest BCUT2D eigenvalue weighted by atomic mass is 79.9. The molecule has 6 heteroatoms. The summed E-state index contributed by atoms with van der Waals surface area (Å²) in [6, 6.07) is 3.53. The number of benzene rings is 1. The van der Waals surface area contributed by atoms with E-state index in [4.69, 9.17) is 9.47 Å². The van der Waals surface area contributed by atoms with Gasteiger partial charge in [0.05, 0.1) is 24.1 Å². The molecule has 1 aliphatic rings. The zero-order valence-corrected chi connectivity index (χ0v) is 13.0. The van der Waals surface area contributed by atoms with Gasteiger partial charge in [-0.15, -0.1) is 0 Å². The highest BCUT2D eigenvalue weighted by Crippen LogP contribution is 2.41. The molecule has 5 nitrogen and oxygen atoms in total. The van der Waals surface area contributed by atoms with E-state index in [1.54, 1.807) is 19.1 Å². The maximum absolute atomic E-state index is 11.3. The van der Waals surface area contributed by atoms with Crippen LogP contribution in [-0.4, -0.2) is 31.4 Å². The number of hydrogen-bond acceptors (Lipinski definition) is 5. The average Bonchev–Trinajstić information content (AvgIpc) is 2.46. The van der Waals surface area contributed by atoms with Gasteiger partial charge >= 0.3 is 5.97 Å². The molecule has 1 aromatic rings. The second-order valence-electron chi connectivity index (χ2n) is 4.73. The number of fused-ring (bicyclic) bond motifs is 1. The lowest BCUT2D eigenvalue weighted by Crippen LogP contribution is -2.18. The van der Waals surface area contributed by atoms with Crippen molar-refractivity contribution >= 4 is 21.9 Å². The molecule has 1 N–H and O–H groups in total. The molecule has 0 saturated heterocycles. The number of aliphatic hydroxyl groups excluding tert-OH is 1. The molecule has 0 radical (unpaired) electrons. The minimum absolute atomic E-state index is 0.156. The van der Waals surface area contributed by atoms with Gasteiger partial charge in [0.1, 0.15) is 13.2 Å². The molecule has 0 aliphatic carbocycles. The molecule has 1 aromatic carbocycles. The standard InChI is InChI=1S/C14H17BrO5/c1-8(5-12(16)18-2)13(17)9-6-10(15)14-11(7-9)19-3-4-20-14/h6-8,13,17H,3-5H2,1-2H3. The summed E-state index contributed by atoms with van der Waals surface area (Å²) in [4.78, 5) is 11.3. The van der Waals surface area contributed by atoms with Gasteiger partial charge in [-0.05, 0) is 39.5 Å². The smallest absolute Gasteiger partial charge is 0.305 e. The maximum atomic E-state index is 11.3. The maximum Gasteiger partial charge on any atom is 0.305 e. The van der Waals surface area contributed by atoms with Crippen LogP contribution in [0.25, 0.3) is 0 Å². The lowest BCUT2D eigenvalue weighted by molar-refractivity contribution is -0.142. The summed E-state index contributed by atoms with van der Waals surface area (Å²) in [5, 5.41) is 10.3. The van der Waals surface area contributed by atoms with Crippen LogP contribution in [0, 0.1) is 5.92 Å². The average molecular weight is 345 g/mol. The first kappa shape index (κ1) is 15.1. The predicted octanol–water partition coefficient (Wildman–Crippen LogP) is 2.45. The van der Waals surface area contributed by atoms with Crippen molar-refractivity contribution in [3.8, 4) is 11.5 Å². The van der Waals surface area contributed by atoms with Gasteiger partial charge in [0.2, 0.25) is 0 Å². The first-order valence-corrected chi connectivity index (χ1v) is 7.16. The summed E-state index contributed by atoms with van der Waals surface area (Å²) in [5.41, 5.74) is 0.678. The first-order valence-electron chi connectivity index (χ1n) is 6.37. The van der Waals surface area contributed by atoms with Crippen molar-refractivity contribution in [1.29, 1.82) is 0 Å². The third-order valence-electron chi connectivity index (χ3n) is 3.22. The van der Waals surface area contributed by atoms with Gasteiger partial charge in [-0.2, -0.15) is 0 Å². The van der Waals surface area contributed by atoms with Crippen molar-refractivity contribution in [1.82, 2.24) is 0 Å². The highest BCUT2D eigenvalue weighted by Gasteiger charge is 2.24. The normalized spacial score (nSPS) is 16.4. The summed E-state index contributed by atoms with van der Waals surface area (Å²) >= 11 is 3.41. The lowest BCUT2D eigenvalue weighted by atomic mass is 9.94. The van der Waals surface area contributed by atoms with E-state index >= 15 is 0 Å². The number of carbonyl (C=O) groups is 1. The zero-order chi connectivity index (χ0) is 14.7. The number of halogens is 1. The molecule has 0 saturated carbocycles. The van der Waals surface area contributed by atoms with Gasteiger partial charge in [-0.25, -0.2) is 0 Å². The summed E-state index contributed by atoms with van der Waals surface area (Å²) in [7, 11) is 1.34. The first-order chi connectivity index (χ1) is 9.52. The fourth-order valence-corrected chi connectivity index (χ4v) is 2.66. The SMILES string of the molecule is COC(=O)CC(C)C(O)c1cc(Br)c2c(c1)OCCO2. The summed E-state index contributed by atoms with van der Waals surface area (Å²) in [6.45, 7) is 2.79. The van der Waals surface area contributed by atoms with Crippen molar-refractivity contribution in [2.24, 2.45) is 5.92 Å². The Labute approximate surface area is 126 Å². The van der Waals surface area contributed by atoms with E-state index < -0.39 is 6.10 Å². The van der Waals surface area contributed by atoms with Crippen molar-refractivity contribution in [2.75, 3.05) is 20.3 Å². The number of hydrogen-bond donors (Lipinski definition) is 1. The van der Waals surface area contributed by atoms with Crippen LogP contribution < -0.4 is 9.47 Å². The fraction of sp³-hybridized carbons (Fsp3) is 0.500. The molecular weight excluding hydrogens is 328 g/mol. The number of rotatable bonds is 4. The number of carbonyl (C=O) groups excluding carboxylic acids is 1. The lowest BCUT2D eigenvalue weighted by Gasteiger charge is -2.23. The Bertz CT molecular complexity index is 503. The molecule has 1 aliphatic heterocycles. The molecule has 0 amide bonds. The van der Waals surface area contributed by atoms with E-state index in [0.717, 1.165) is 4.47 Å². The molecule has 2 atom stereocenters. The molecule has 110 valence electrons. The van der Waals surface area contributed by atoms with Crippen molar-refractivity contribution in [2.45, 2.75) is 19.4 Å². The van der Waals surface area contributed by atoms with E-state index in [1.807, 2.05) is 0 Å². The van der Waals surface area contributed by atoms with Crippen LogP contribution >= 0.6 is 15.9 Å². The Kier molecular flexibility index (Phi) is 4.88. The molecule has 0 bridgehead atoms. The number of ether oxygens (including phenoxy) is 3. The molecule has 0 spiro atoms. The van der Waals surface area contributed by atoms with E-state index in [0.29, 0.717) is 30.3 Å². The van der Waals surface area contributed by atoms with E-state index in [9.17, 15) is 9.90 Å². The largest absolute Gasteiger partial charge is 0.486 e. The molecule has 20 heavy (non-hydrogen) atoms. The van der Waals surface area contributed by atoms with Gasteiger partial charge in [0.15, 0.2) is 11.5 Å². The molecule has 2 rings (SSSR count). The topological polar surface area (TPSA) is 65.0 Å². The molecular formula is C14H17BrO5.